The molecule has 0 aliphatic carbocycles. The Kier molecular flexibility index (Phi) is 5.21. The van der Waals surface area contributed by atoms with Crippen LogP contribution in [0.2, 0.25) is 0 Å². The Morgan fingerprint density at radius 1 is 1.18 bits per heavy atom. The van der Waals surface area contributed by atoms with Crippen LogP contribution in [0.3, 0.4) is 0 Å². The van der Waals surface area contributed by atoms with Gasteiger partial charge in [-0.3, -0.25) is 5.32 Å². The number of ether oxygens (including phenoxy) is 2. The lowest BCUT2D eigenvalue weighted by Crippen LogP contribution is -2.49. The first kappa shape index (κ1) is 16.1. The smallest absolute Gasteiger partial charge is 0.411 e. The van der Waals surface area contributed by atoms with E-state index < -0.39 is 6.09 Å². The number of urea groups is 1. The van der Waals surface area contributed by atoms with Crippen LogP contribution < -0.4 is 10.6 Å². The number of hydrogen-bond donors (Lipinski definition) is 2. The lowest BCUT2D eigenvalue weighted by molar-refractivity contribution is -0.0530. The summed E-state index contributed by atoms with van der Waals surface area (Å²) < 4.78 is 10.1. The van der Waals surface area contributed by atoms with Crippen molar-refractivity contribution < 1.29 is 19.1 Å². The van der Waals surface area contributed by atoms with E-state index >= 15 is 0 Å². The molecule has 1 heterocycles. The van der Waals surface area contributed by atoms with Crippen LogP contribution in [-0.2, 0) is 9.47 Å². The van der Waals surface area contributed by atoms with Gasteiger partial charge in [-0.2, -0.15) is 0 Å². The van der Waals surface area contributed by atoms with Gasteiger partial charge in [-0.15, -0.1) is 0 Å². The molecule has 1 aliphatic heterocycles. The van der Waals surface area contributed by atoms with Crippen molar-refractivity contribution in [3.8, 4) is 0 Å². The van der Waals surface area contributed by atoms with E-state index in [1.54, 1.807) is 29.2 Å². The minimum absolute atomic E-state index is 0.0156. The van der Waals surface area contributed by atoms with Gasteiger partial charge in [-0.1, -0.05) is 6.07 Å². The van der Waals surface area contributed by atoms with Crippen LogP contribution >= 0.6 is 0 Å². The molecule has 2 N–H and O–H groups in total. The van der Waals surface area contributed by atoms with Gasteiger partial charge < -0.3 is 19.7 Å². The van der Waals surface area contributed by atoms with Crippen molar-refractivity contribution >= 4 is 23.5 Å². The predicted molar refractivity (Wildman–Crippen MR) is 83.1 cm³/mol. The van der Waals surface area contributed by atoms with Gasteiger partial charge >= 0.3 is 12.1 Å². The van der Waals surface area contributed by atoms with E-state index in [0.717, 1.165) is 0 Å². The van der Waals surface area contributed by atoms with Gasteiger partial charge in [0.15, 0.2) is 0 Å². The monoisotopic (exact) mass is 307 g/mol. The minimum Gasteiger partial charge on any atom is -0.453 e. The third-order valence-electron chi connectivity index (χ3n) is 3.25. The zero-order chi connectivity index (χ0) is 16.1. The van der Waals surface area contributed by atoms with Gasteiger partial charge in [-0.25, -0.2) is 9.59 Å². The molecule has 0 radical (unpaired) electrons. The molecule has 7 heteroatoms. The normalized spacial score (nSPS) is 21.1. The van der Waals surface area contributed by atoms with Crippen LogP contribution in [-0.4, -0.2) is 49.4 Å². The molecule has 1 aromatic rings. The van der Waals surface area contributed by atoms with Crippen molar-refractivity contribution in [3.05, 3.63) is 24.3 Å². The SMILES string of the molecule is COC(=O)Nc1cccc(NC(=O)N2C[C@@H](C)O[C@H](C)C2)c1. The van der Waals surface area contributed by atoms with E-state index in [2.05, 4.69) is 15.4 Å². The Labute approximate surface area is 129 Å². The highest BCUT2D eigenvalue weighted by Gasteiger charge is 2.25. The number of nitrogens with zero attached hydrogens (tertiary/aromatic N) is 1. The first-order chi connectivity index (χ1) is 10.5. The van der Waals surface area contributed by atoms with E-state index in [0.29, 0.717) is 24.5 Å². The molecule has 0 unspecified atom stereocenters. The van der Waals surface area contributed by atoms with Crippen molar-refractivity contribution in [3.63, 3.8) is 0 Å². The topological polar surface area (TPSA) is 79.9 Å². The summed E-state index contributed by atoms with van der Waals surface area (Å²) in [5.74, 6) is 0. The number of amides is 3. The van der Waals surface area contributed by atoms with Gasteiger partial charge in [0.1, 0.15) is 0 Å². The zero-order valence-electron chi connectivity index (χ0n) is 13.0. The van der Waals surface area contributed by atoms with Crippen LogP contribution in [0, 0.1) is 0 Å². The molecular weight excluding hydrogens is 286 g/mol. The number of benzene rings is 1. The van der Waals surface area contributed by atoms with E-state index in [4.69, 9.17) is 4.74 Å². The third kappa shape index (κ3) is 4.36. The maximum Gasteiger partial charge on any atom is 0.411 e. The third-order valence-corrected chi connectivity index (χ3v) is 3.25. The highest BCUT2D eigenvalue weighted by atomic mass is 16.5. The molecule has 2 atom stereocenters. The molecule has 0 saturated carbocycles. The average Bonchev–Trinajstić information content (AvgIpc) is 2.46. The number of carbonyl (C=O) groups is 2. The Morgan fingerprint density at radius 3 is 2.36 bits per heavy atom. The van der Waals surface area contributed by atoms with Crippen LogP contribution in [0.5, 0.6) is 0 Å². The summed E-state index contributed by atoms with van der Waals surface area (Å²) in [7, 11) is 1.29. The first-order valence-electron chi connectivity index (χ1n) is 7.14. The molecule has 0 aromatic heterocycles. The molecular formula is C15H21N3O4. The Balaban J connectivity index is 1.99. The second-order valence-electron chi connectivity index (χ2n) is 5.29. The fraction of sp³-hybridized carbons (Fsp3) is 0.467. The van der Waals surface area contributed by atoms with Crippen molar-refractivity contribution in [1.82, 2.24) is 4.90 Å². The zero-order valence-corrected chi connectivity index (χ0v) is 13.0. The second kappa shape index (κ2) is 7.13. The number of anilines is 2. The van der Waals surface area contributed by atoms with Crippen LogP contribution in [0.25, 0.3) is 0 Å². The molecule has 1 aromatic carbocycles. The standard InChI is InChI=1S/C15H21N3O4/c1-10-8-18(9-11(2)22-10)14(19)16-12-5-4-6-13(7-12)17-15(20)21-3/h4-7,10-11H,8-9H2,1-3H3,(H,16,19)(H,17,20)/t10-,11-/m1/s1. The largest absolute Gasteiger partial charge is 0.453 e. The van der Waals surface area contributed by atoms with Gasteiger partial charge in [-0.05, 0) is 32.0 Å². The maximum atomic E-state index is 12.3. The fourth-order valence-corrected chi connectivity index (χ4v) is 2.39. The number of methoxy groups -OCH3 is 1. The Hall–Kier alpha value is -2.28. The van der Waals surface area contributed by atoms with Gasteiger partial charge in [0.25, 0.3) is 0 Å². The Bertz CT molecular complexity index is 539. The summed E-state index contributed by atoms with van der Waals surface area (Å²) in [4.78, 5) is 25.2. The van der Waals surface area contributed by atoms with Gasteiger partial charge in [0.2, 0.25) is 0 Å². The highest BCUT2D eigenvalue weighted by molar-refractivity contribution is 5.91. The van der Waals surface area contributed by atoms with Crippen molar-refractivity contribution in [2.24, 2.45) is 0 Å². The van der Waals surface area contributed by atoms with E-state index in [-0.39, 0.29) is 18.2 Å². The number of hydrogen-bond acceptors (Lipinski definition) is 4. The van der Waals surface area contributed by atoms with Crippen LogP contribution in [0.4, 0.5) is 21.0 Å². The lowest BCUT2D eigenvalue weighted by Gasteiger charge is -2.35. The highest BCUT2D eigenvalue weighted by Crippen LogP contribution is 2.17. The molecule has 7 nitrogen and oxygen atoms in total. The quantitative estimate of drug-likeness (QED) is 0.880. The number of carbonyl (C=O) groups excluding carboxylic acids is 2. The van der Waals surface area contributed by atoms with E-state index in [9.17, 15) is 9.59 Å². The second-order valence-corrected chi connectivity index (χ2v) is 5.29. The Morgan fingerprint density at radius 2 is 1.77 bits per heavy atom. The molecule has 1 fully saturated rings. The molecule has 0 spiro atoms. The average molecular weight is 307 g/mol. The molecule has 1 saturated heterocycles. The van der Waals surface area contributed by atoms with Crippen molar-refractivity contribution in [2.75, 3.05) is 30.8 Å². The summed E-state index contributed by atoms with van der Waals surface area (Å²) in [6.07, 6.45) is -0.525. The molecule has 22 heavy (non-hydrogen) atoms. The molecule has 1 aliphatic rings. The summed E-state index contributed by atoms with van der Waals surface area (Å²) in [5.41, 5.74) is 1.15. The summed E-state index contributed by atoms with van der Waals surface area (Å²) in [5, 5.41) is 5.38. The maximum absolute atomic E-state index is 12.3. The number of nitrogens with one attached hydrogen (secondary N) is 2. The van der Waals surface area contributed by atoms with Crippen molar-refractivity contribution in [1.29, 1.82) is 0 Å². The molecule has 2 rings (SSSR count). The van der Waals surface area contributed by atoms with E-state index in [1.807, 2.05) is 13.8 Å². The van der Waals surface area contributed by atoms with Gasteiger partial charge in [0, 0.05) is 24.5 Å². The number of morpholine rings is 1. The van der Waals surface area contributed by atoms with Gasteiger partial charge in [0.05, 0.1) is 19.3 Å². The predicted octanol–water partition coefficient (Wildman–Crippen LogP) is 2.51. The molecule has 0 bridgehead atoms. The summed E-state index contributed by atoms with van der Waals surface area (Å²) in [6.45, 7) is 4.99. The fourth-order valence-electron chi connectivity index (χ4n) is 2.39. The lowest BCUT2D eigenvalue weighted by atomic mass is 10.2. The van der Waals surface area contributed by atoms with Crippen molar-refractivity contribution in [2.45, 2.75) is 26.1 Å². The minimum atomic E-state index is -0.556. The van der Waals surface area contributed by atoms with E-state index in [1.165, 1.54) is 7.11 Å². The number of rotatable bonds is 2. The van der Waals surface area contributed by atoms with Crippen LogP contribution in [0.15, 0.2) is 24.3 Å². The molecule has 120 valence electrons. The summed E-state index contributed by atoms with van der Waals surface area (Å²) in [6, 6.07) is 6.70. The first-order valence-corrected chi connectivity index (χ1v) is 7.14. The summed E-state index contributed by atoms with van der Waals surface area (Å²) >= 11 is 0. The van der Waals surface area contributed by atoms with Crippen LogP contribution in [0.1, 0.15) is 13.8 Å². The molecule has 3 amide bonds.